The third-order valence-corrected chi connectivity index (χ3v) is 4.02. The van der Waals surface area contributed by atoms with Crippen molar-refractivity contribution < 1.29 is 14.4 Å². The summed E-state index contributed by atoms with van der Waals surface area (Å²) in [7, 11) is 1.31. The molecule has 0 aromatic carbocycles. The first-order valence-corrected chi connectivity index (χ1v) is 6.56. The summed E-state index contributed by atoms with van der Waals surface area (Å²) in [4.78, 5) is 0. The molecule has 1 aliphatic rings. The Bertz CT molecular complexity index is 473. The molecule has 0 aliphatic carbocycles. The lowest BCUT2D eigenvalue weighted by Gasteiger charge is -2.32. The molecule has 0 unspecified atom stereocenters. The first kappa shape index (κ1) is 14.6. The van der Waals surface area contributed by atoms with Crippen LogP contribution < -0.4 is 5.59 Å². The second-order valence-corrected chi connectivity index (χ2v) is 6.73. The van der Waals surface area contributed by atoms with Crippen LogP contribution in [-0.4, -0.2) is 33.2 Å². The number of aliphatic hydroxyl groups is 1. The second kappa shape index (κ2) is 4.07. The number of nitrogens with zero attached hydrogens (tertiary/aromatic N) is 2. The molecular formula is C13H23BN2O3. The summed E-state index contributed by atoms with van der Waals surface area (Å²) in [5.41, 5.74) is -0.284. The van der Waals surface area contributed by atoms with Crippen molar-refractivity contribution in [2.75, 3.05) is 0 Å². The van der Waals surface area contributed by atoms with Gasteiger partial charge in [-0.1, -0.05) is 0 Å². The standard InChI is InChI=1S/C13H23BN2O3/c1-11(2,17)9-8-10(15-16(9)7)14-18-12(3,4)13(5,6)19-14/h8,17H,1-7H3. The van der Waals surface area contributed by atoms with E-state index in [-0.39, 0.29) is 11.2 Å². The molecular weight excluding hydrogens is 243 g/mol. The quantitative estimate of drug-likeness (QED) is 0.810. The van der Waals surface area contributed by atoms with Gasteiger partial charge in [-0.15, -0.1) is 0 Å². The number of hydrogen-bond donors (Lipinski definition) is 1. The molecule has 0 saturated carbocycles. The topological polar surface area (TPSA) is 56.5 Å². The van der Waals surface area contributed by atoms with Gasteiger partial charge in [0.1, 0.15) is 5.60 Å². The lowest BCUT2D eigenvalue weighted by molar-refractivity contribution is 0.00578. The minimum absolute atomic E-state index is 0.385. The molecule has 2 rings (SSSR count). The van der Waals surface area contributed by atoms with E-state index in [4.69, 9.17) is 9.31 Å². The Kier molecular flexibility index (Phi) is 3.12. The maximum atomic E-state index is 10.1. The van der Waals surface area contributed by atoms with Crippen LogP contribution in [0, 0.1) is 0 Å². The molecule has 1 aromatic rings. The molecule has 5 nitrogen and oxygen atoms in total. The molecule has 0 atom stereocenters. The number of aromatic nitrogens is 2. The Labute approximate surface area is 115 Å². The van der Waals surface area contributed by atoms with Crippen molar-refractivity contribution in [2.45, 2.75) is 58.3 Å². The van der Waals surface area contributed by atoms with Crippen LogP contribution in [0.5, 0.6) is 0 Å². The molecule has 6 heteroatoms. The Morgan fingerprint density at radius 2 is 1.68 bits per heavy atom. The third kappa shape index (κ3) is 2.44. The van der Waals surface area contributed by atoms with Crippen LogP contribution in [0.4, 0.5) is 0 Å². The van der Waals surface area contributed by atoms with E-state index in [0.29, 0.717) is 5.59 Å². The van der Waals surface area contributed by atoms with Crippen molar-refractivity contribution in [2.24, 2.45) is 7.05 Å². The van der Waals surface area contributed by atoms with Gasteiger partial charge in [0.05, 0.1) is 22.5 Å². The highest BCUT2D eigenvalue weighted by molar-refractivity contribution is 6.61. The molecule has 0 amide bonds. The molecule has 106 valence electrons. The molecule has 1 fully saturated rings. The van der Waals surface area contributed by atoms with Crippen LogP contribution in [0.2, 0.25) is 0 Å². The Morgan fingerprint density at radius 3 is 2.05 bits per heavy atom. The lowest BCUT2D eigenvalue weighted by atomic mass is 9.84. The van der Waals surface area contributed by atoms with E-state index in [1.165, 1.54) is 0 Å². The van der Waals surface area contributed by atoms with Gasteiger partial charge in [-0.2, -0.15) is 5.10 Å². The largest absolute Gasteiger partial charge is 0.516 e. The van der Waals surface area contributed by atoms with E-state index < -0.39 is 12.7 Å². The van der Waals surface area contributed by atoms with E-state index in [2.05, 4.69) is 5.10 Å². The minimum Gasteiger partial charge on any atom is -0.398 e. The van der Waals surface area contributed by atoms with Crippen LogP contribution in [0.1, 0.15) is 47.2 Å². The minimum atomic E-state index is -0.941. The summed E-state index contributed by atoms with van der Waals surface area (Å²) in [6.45, 7) is 11.5. The van der Waals surface area contributed by atoms with Gasteiger partial charge in [0.25, 0.3) is 0 Å². The van der Waals surface area contributed by atoms with Crippen LogP contribution in [0.25, 0.3) is 0 Å². The predicted octanol–water partition coefficient (Wildman–Crippen LogP) is 0.947. The fourth-order valence-electron chi connectivity index (χ4n) is 2.14. The maximum Gasteiger partial charge on any atom is 0.516 e. The molecule has 2 heterocycles. The smallest absolute Gasteiger partial charge is 0.398 e. The fourth-order valence-corrected chi connectivity index (χ4v) is 2.14. The molecule has 0 radical (unpaired) electrons. The summed E-state index contributed by atoms with van der Waals surface area (Å²) in [5, 5.41) is 14.5. The molecule has 19 heavy (non-hydrogen) atoms. The highest BCUT2D eigenvalue weighted by Gasteiger charge is 2.52. The van der Waals surface area contributed by atoms with Gasteiger partial charge >= 0.3 is 7.12 Å². The number of hydrogen-bond acceptors (Lipinski definition) is 4. The average molecular weight is 266 g/mol. The average Bonchev–Trinajstić information content (AvgIpc) is 2.65. The fraction of sp³-hybridized carbons (Fsp3) is 0.769. The van der Waals surface area contributed by atoms with Gasteiger partial charge in [-0.05, 0) is 47.6 Å². The zero-order valence-corrected chi connectivity index (χ0v) is 12.8. The zero-order chi connectivity index (χ0) is 14.6. The molecule has 0 bridgehead atoms. The van der Waals surface area contributed by atoms with Crippen molar-refractivity contribution in [3.8, 4) is 0 Å². The lowest BCUT2D eigenvalue weighted by Crippen LogP contribution is -2.41. The Hall–Kier alpha value is -0.845. The van der Waals surface area contributed by atoms with E-state index >= 15 is 0 Å². The van der Waals surface area contributed by atoms with E-state index in [1.807, 2.05) is 40.8 Å². The van der Waals surface area contributed by atoms with Crippen LogP contribution in [0.3, 0.4) is 0 Å². The highest BCUT2D eigenvalue weighted by atomic mass is 16.7. The van der Waals surface area contributed by atoms with Crippen LogP contribution in [-0.2, 0) is 22.0 Å². The Morgan fingerprint density at radius 1 is 1.21 bits per heavy atom. The monoisotopic (exact) mass is 266 g/mol. The van der Waals surface area contributed by atoms with Crippen LogP contribution >= 0.6 is 0 Å². The number of aryl methyl sites for hydroxylation is 1. The van der Waals surface area contributed by atoms with Gasteiger partial charge in [0.15, 0.2) is 0 Å². The van der Waals surface area contributed by atoms with Crippen molar-refractivity contribution in [1.82, 2.24) is 9.78 Å². The number of rotatable bonds is 2. The summed E-state index contributed by atoms with van der Waals surface area (Å²) in [5.74, 6) is 0. The maximum absolute atomic E-state index is 10.1. The van der Waals surface area contributed by atoms with Gasteiger partial charge in [-0.25, -0.2) is 0 Å². The van der Waals surface area contributed by atoms with Crippen molar-refractivity contribution in [3.63, 3.8) is 0 Å². The van der Waals surface area contributed by atoms with Crippen LogP contribution in [0.15, 0.2) is 6.07 Å². The highest BCUT2D eigenvalue weighted by Crippen LogP contribution is 2.36. The van der Waals surface area contributed by atoms with Crippen molar-refractivity contribution in [1.29, 1.82) is 0 Å². The molecule has 1 saturated heterocycles. The third-order valence-electron chi connectivity index (χ3n) is 4.02. The van der Waals surface area contributed by atoms with Gasteiger partial charge < -0.3 is 14.4 Å². The molecule has 1 N–H and O–H groups in total. The molecule has 1 aromatic heterocycles. The molecule has 1 aliphatic heterocycles. The summed E-state index contributed by atoms with van der Waals surface area (Å²) >= 11 is 0. The van der Waals surface area contributed by atoms with Crippen molar-refractivity contribution >= 4 is 12.7 Å². The first-order valence-electron chi connectivity index (χ1n) is 6.56. The molecule has 0 spiro atoms. The van der Waals surface area contributed by atoms with E-state index in [9.17, 15) is 5.11 Å². The first-order chi connectivity index (χ1) is 8.44. The SMILES string of the molecule is Cn1nc(B2OC(C)(C)C(C)(C)O2)cc1C(C)(C)O. The normalized spacial score (nSPS) is 22.0. The summed E-state index contributed by atoms with van der Waals surface area (Å²) in [6, 6.07) is 1.84. The zero-order valence-electron chi connectivity index (χ0n) is 12.8. The van der Waals surface area contributed by atoms with Gasteiger partial charge in [0.2, 0.25) is 0 Å². The second-order valence-electron chi connectivity index (χ2n) is 6.73. The van der Waals surface area contributed by atoms with Gasteiger partial charge in [-0.3, -0.25) is 4.68 Å². The van der Waals surface area contributed by atoms with E-state index in [1.54, 1.807) is 18.5 Å². The predicted molar refractivity (Wildman–Crippen MR) is 74.2 cm³/mol. The van der Waals surface area contributed by atoms with Crippen molar-refractivity contribution in [3.05, 3.63) is 11.8 Å². The van der Waals surface area contributed by atoms with E-state index in [0.717, 1.165) is 5.69 Å². The summed E-state index contributed by atoms with van der Waals surface area (Å²) < 4.78 is 13.6. The summed E-state index contributed by atoms with van der Waals surface area (Å²) in [6.07, 6.45) is 0. The van der Waals surface area contributed by atoms with Gasteiger partial charge in [0, 0.05) is 7.05 Å². The Balaban J connectivity index is 2.31.